The number of hydrogen-bond donors (Lipinski definition) is 2. The van der Waals surface area contributed by atoms with E-state index in [0.29, 0.717) is 6.04 Å². The molecule has 3 rings (SSSR count). The molecule has 1 aromatic rings. The molecule has 2 saturated heterocycles. The van der Waals surface area contributed by atoms with E-state index >= 15 is 0 Å². The van der Waals surface area contributed by atoms with Crippen molar-refractivity contribution in [2.75, 3.05) is 7.05 Å². The second kappa shape index (κ2) is 5.61. The number of nitrogens with two attached hydrogens (primary N) is 1. The van der Waals surface area contributed by atoms with Gasteiger partial charge in [-0.15, -0.1) is 0 Å². The quantitative estimate of drug-likeness (QED) is 0.641. The van der Waals surface area contributed by atoms with Crippen molar-refractivity contribution >= 4 is 0 Å². The van der Waals surface area contributed by atoms with E-state index in [1.54, 1.807) is 0 Å². The van der Waals surface area contributed by atoms with Crippen molar-refractivity contribution in [3.05, 3.63) is 35.9 Å². The lowest BCUT2D eigenvalue weighted by Gasteiger charge is -2.39. The van der Waals surface area contributed by atoms with Crippen LogP contribution in [0.5, 0.6) is 0 Å². The van der Waals surface area contributed by atoms with E-state index in [2.05, 4.69) is 47.7 Å². The predicted molar refractivity (Wildman–Crippen MR) is 78.6 cm³/mol. The van der Waals surface area contributed by atoms with Crippen molar-refractivity contribution in [3.8, 4) is 0 Å². The molecule has 3 heteroatoms. The number of benzene rings is 1. The molecule has 2 heterocycles. The van der Waals surface area contributed by atoms with E-state index in [1.807, 2.05) is 0 Å². The summed E-state index contributed by atoms with van der Waals surface area (Å²) in [6.07, 6.45) is 6.40. The Hall–Kier alpha value is -0.900. The number of hydrazine groups is 1. The van der Waals surface area contributed by atoms with Gasteiger partial charge in [-0.2, -0.15) is 0 Å². The summed E-state index contributed by atoms with van der Waals surface area (Å²) in [7, 11) is 2.29. The normalized spacial score (nSPS) is 32.4. The summed E-state index contributed by atoms with van der Waals surface area (Å²) in [5, 5.41) is 0. The van der Waals surface area contributed by atoms with Crippen LogP contribution in [0, 0.1) is 5.92 Å². The van der Waals surface area contributed by atoms with Crippen molar-refractivity contribution in [1.29, 1.82) is 0 Å². The Labute approximate surface area is 116 Å². The fourth-order valence-electron chi connectivity index (χ4n) is 4.01. The molecule has 2 aliphatic rings. The molecule has 0 amide bonds. The van der Waals surface area contributed by atoms with Crippen LogP contribution in [-0.2, 0) is 6.42 Å². The van der Waals surface area contributed by atoms with Gasteiger partial charge in [-0.25, -0.2) is 0 Å². The van der Waals surface area contributed by atoms with Crippen LogP contribution in [0.25, 0.3) is 0 Å². The molecule has 0 aliphatic carbocycles. The van der Waals surface area contributed by atoms with E-state index in [-0.39, 0.29) is 0 Å². The van der Waals surface area contributed by atoms with Crippen LogP contribution in [0.4, 0.5) is 0 Å². The summed E-state index contributed by atoms with van der Waals surface area (Å²) in [4.78, 5) is 2.59. The minimum Gasteiger partial charge on any atom is -0.300 e. The first kappa shape index (κ1) is 13.1. The minimum absolute atomic E-state index is 0.416. The van der Waals surface area contributed by atoms with Crippen LogP contribution < -0.4 is 11.3 Å². The summed E-state index contributed by atoms with van der Waals surface area (Å²) in [5.74, 6) is 6.56. The lowest BCUT2D eigenvalue weighted by atomic mass is 9.83. The molecule has 0 saturated carbocycles. The predicted octanol–water partition coefficient (Wildman–Crippen LogP) is 1.93. The van der Waals surface area contributed by atoms with Gasteiger partial charge in [0.05, 0.1) is 0 Å². The van der Waals surface area contributed by atoms with E-state index in [1.165, 1.54) is 31.2 Å². The molecule has 2 aliphatic heterocycles. The standard InChI is InChI=1S/C16H25N3/c1-19-14-7-8-15(19)11-13(10-14)16(18-17)9-12-5-3-2-4-6-12/h2-6,13-16,18H,7-11,17H2,1H3. The highest BCUT2D eigenvalue weighted by atomic mass is 15.2. The zero-order chi connectivity index (χ0) is 13.2. The third-order valence-corrected chi connectivity index (χ3v) is 5.22. The van der Waals surface area contributed by atoms with Crippen LogP contribution >= 0.6 is 0 Å². The van der Waals surface area contributed by atoms with E-state index in [0.717, 1.165) is 24.4 Å². The second-order valence-electron chi connectivity index (χ2n) is 6.24. The largest absolute Gasteiger partial charge is 0.300 e. The first-order valence-electron chi connectivity index (χ1n) is 7.50. The lowest BCUT2D eigenvalue weighted by Crippen LogP contribution is -2.49. The molecule has 104 valence electrons. The molecule has 0 spiro atoms. The van der Waals surface area contributed by atoms with Gasteiger partial charge in [-0.3, -0.25) is 11.3 Å². The molecule has 3 unspecified atom stereocenters. The monoisotopic (exact) mass is 259 g/mol. The van der Waals surface area contributed by atoms with Gasteiger partial charge in [0.1, 0.15) is 0 Å². The Morgan fingerprint density at radius 1 is 1.21 bits per heavy atom. The van der Waals surface area contributed by atoms with Gasteiger partial charge in [-0.1, -0.05) is 30.3 Å². The molecule has 2 bridgehead atoms. The molecule has 1 aromatic carbocycles. The van der Waals surface area contributed by atoms with Crippen molar-refractivity contribution in [1.82, 2.24) is 10.3 Å². The maximum Gasteiger partial charge on any atom is 0.0280 e. The Morgan fingerprint density at radius 3 is 2.42 bits per heavy atom. The summed E-state index contributed by atoms with van der Waals surface area (Å²) in [5.41, 5.74) is 4.47. The minimum atomic E-state index is 0.416. The summed E-state index contributed by atoms with van der Waals surface area (Å²) in [6, 6.07) is 12.7. The van der Waals surface area contributed by atoms with Gasteiger partial charge in [0.15, 0.2) is 0 Å². The molecule has 3 atom stereocenters. The number of rotatable bonds is 4. The zero-order valence-electron chi connectivity index (χ0n) is 11.8. The van der Waals surface area contributed by atoms with Crippen LogP contribution in [0.3, 0.4) is 0 Å². The summed E-state index contributed by atoms with van der Waals surface area (Å²) in [6.45, 7) is 0. The van der Waals surface area contributed by atoms with E-state index in [4.69, 9.17) is 5.84 Å². The highest BCUT2D eigenvalue weighted by Crippen LogP contribution is 2.39. The van der Waals surface area contributed by atoms with Gasteiger partial charge in [0.2, 0.25) is 0 Å². The van der Waals surface area contributed by atoms with Gasteiger partial charge in [0.25, 0.3) is 0 Å². The highest BCUT2D eigenvalue weighted by molar-refractivity contribution is 5.16. The zero-order valence-corrected chi connectivity index (χ0v) is 11.8. The van der Waals surface area contributed by atoms with Gasteiger partial charge in [-0.05, 0) is 50.6 Å². The first-order valence-corrected chi connectivity index (χ1v) is 7.50. The molecular formula is C16H25N3. The fraction of sp³-hybridized carbons (Fsp3) is 0.625. The van der Waals surface area contributed by atoms with Gasteiger partial charge >= 0.3 is 0 Å². The Bertz CT molecular complexity index is 392. The molecular weight excluding hydrogens is 234 g/mol. The second-order valence-corrected chi connectivity index (χ2v) is 6.24. The van der Waals surface area contributed by atoms with Crippen LogP contribution in [0.2, 0.25) is 0 Å². The first-order chi connectivity index (χ1) is 9.28. The number of nitrogens with zero attached hydrogens (tertiary/aromatic N) is 1. The van der Waals surface area contributed by atoms with Crippen molar-refractivity contribution in [2.24, 2.45) is 11.8 Å². The maximum absolute atomic E-state index is 5.83. The van der Waals surface area contributed by atoms with Crippen LogP contribution in [-0.4, -0.2) is 30.1 Å². The SMILES string of the molecule is CN1C2CCC1CC(C(Cc1ccccc1)NN)C2. The third-order valence-electron chi connectivity index (χ3n) is 5.22. The van der Waals surface area contributed by atoms with Gasteiger partial charge in [0, 0.05) is 18.1 Å². The summed E-state index contributed by atoms with van der Waals surface area (Å²) < 4.78 is 0. The highest BCUT2D eigenvalue weighted by Gasteiger charge is 2.40. The number of fused-ring (bicyclic) bond motifs is 2. The molecule has 19 heavy (non-hydrogen) atoms. The van der Waals surface area contributed by atoms with Crippen LogP contribution in [0.15, 0.2) is 30.3 Å². The topological polar surface area (TPSA) is 41.3 Å². The van der Waals surface area contributed by atoms with Crippen molar-refractivity contribution in [3.63, 3.8) is 0 Å². The lowest BCUT2D eigenvalue weighted by molar-refractivity contribution is 0.112. The molecule has 2 fully saturated rings. The maximum atomic E-state index is 5.83. The Balaban J connectivity index is 1.66. The van der Waals surface area contributed by atoms with Crippen molar-refractivity contribution < 1.29 is 0 Å². The Kier molecular flexibility index (Phi) is 3.87. The van der Waals surface area contributed by atoms with E-state index < -0.39 is 0 Å². The van der Waals surface area contributed by atoms with E-state index in [9.17, 15) is 0 Å². The smallest absolute Gasteiger partial charge is 0.0280 e. The number of nitrogens with one attached hydrogen (secondary N) is 1. The van der Waals surface area contributed by atoms with Gasteiger partial charge < -0.3 is 4.90 Å². The average molecular weight is 259 g/mol. The molecule has 3 N–H and O–H groups in total. The number of hydrogen-bond acceptors (Lipinski definition) is 3. The Morgan fingerprint density at radius 2 is 1.84 bits per heavy atom. The number of piperidine rings is 1. The molecule has 0 radical (unpaired) electrons. The van der Waals surface area contributed by atoms with Crippen molar-refractivity contribution in [2.45, 2.75) is 50.2 Å². The third kappa shape index (κ3) is 2.69. The molecule has 0 aromatic heterocycles. The van der Waals surface area contributed by atoms with Crippen LogP contribution in [0.1, 0.15) is 31.2 Å². The average Bonchev–Trinajstić information content (AvgIpc) is 2.68. The molecule has 3 nitrogen and oxygen atoms in total. The summed E-state index contributed by atoms with van der Waals surface area (Å²) >= 11 is 0. The fourth-order valence-corrected chi connectivity index (χ4v) is 4.01.